The average molecular weight is 264 g/mol. The number of halogens is 3. The van der Waals surface area contributed by atoms with Crippen LogP contribution in [0.15, 0.2) is 18.2 Å². The molecule has 0 amide bonds. The Morgan fingerprint density at radius 1 is 1.35 bits per heavy atom. The highest BCUT2D eigenvalue weighted by atomic mass is 35.5. The SMILES string of the molecule is CC(C)(C)CNc1ccc(OC(F)F)c(Cl)c1. The summed E-state index contributed by atoms with van der Waals surface area (Å²) < 4.78 is 28.3. The quantitative estimate of drug-likeness (QED) is 0.869. The van der Waals surface area contributed by atoms with Gasteiger partial charge in [-0.3, -0.25) is 0 Å². The highest BCUT2D eigenvalue weighted by Gasteiger charge is 2.11. The maximum absolute atomic E-state index is 12.0. The van der Waals surface area contributed by atoms with Crippen LogP contribution in [0.2, 0.25) is 5.02 Å². The molecule has 0 aliphatic rings. The molecule has 1 N–H and O–H groups in total. The Morgan fingerprint density at radius 2 is 2.00 bits per heavy atom. The summed E-state index contributed by atoms with van der Waals surface area (Å²) in [5, 5.41) is 3.35. The first-order valence-electron chi connectivity index (χ1n) is 5.26. The highest BCUT2D eigenvalue weighted by molar-refractivity contribution is 6.32. The van der Waals surface area contributed by atoms with E-state index in [-0.39, 0.29) is 16.2 Å². The van der Waals surface area contributed by atoms with Crippen LogP contribution < -0.4 is 10.1 Å². The second-order valence-electron chi connectivity index (χ2n) is 4.94. The van der Waals surface area contributed by atoms with E-state index < -0.39 is 6.61 Å². The van der Waals surface area contributed by atoms with E-state index in [1.165, 1.54) is 6.07 Å². The molecule has 0 spiro atoms. The summed E-state index contributed by atoms with van der Waals surface area (Å²) in [5.41, 5.74) is 0.913. The summed E-state index contributed by atoms with van der Waals surface area (Å²) in [4.78, 5) is 0. The van der Waals surface area contributed by atoms with E-state index in [4.69, 9.17) is 11.6 Å². The molecule has 0 bridgehead atoms. The van der Waals surface area contributed by atoms with E-state index >= 15 is 0 Å². The molecular weight excluding hydrogens is 248 g/mol. The van der Waals surface area contributed by atoms with Crippen LogP contribution >= 0.6 is 11.6 Å². The van der Waals surface area contributed by atoms with Gasteiger partial charge in [0, 0.05) is 12.2 Å². The van der Waals surface area contributed by atoms with Gasteiger partial charge in [0.15, 0.2) is 0 Å². The van der Waals surface area contributed by atoms with E-state index in [1.807, 2.05) is 0 Å². The fourth-order valence-electron chi connectivity index (χ4n) is 1.17. The van der Waals surface area contributed by atoms with Crippen molar-refractivity contribution in [2.24, 2.45) is 5.41 Å². The average Bonchev–Trinajstić information content (AvgIpc) is 2.17. The molecule has 1 aromatic rings. The van der Waals surface area contributed by atoms with E-state index in [1.54, 1.807) is 12.1 Å². The van der Waals surface area contributed by atoms with E-state index in [0.717, 1.165) is 12.2 Å². The van der Waals surface area contributed by atoms with Crippen LogP contribution in [0, 0.1) is 5.41 Å². The molecule has 5 heteroatoms. The molecule has 0 atom stereocenters. The van der Waals surface area contributed by atoms with Crippen molar-refractivity contribution >= 4 is 17.3 Å². The first kappa shape index (κ1) is 14.0. The number of anilines is 1. The maximum Gasteiger partial charge on any atom is 0.387 e. The summed E-state index contributed by atoms with van der Waals surface area (Å²) in [6.45, 7) is 4.18. The zero-order valence-electron chi connectivity index (χ0n) is 10.1. The molecular formula is C12H16ClF2NO. The fraction of sp³-hybridized carbons (Fsp3) is 0.500. The summed E-state index contributed by atoms with van der Waals surface area (Å²) in [7, 11) is 0. The van der Waals surface area contributed by atoms with Crippen LogP contribution in [-0.2, 0) is 0 Å². The normalized spacial score (nSPS) is 11.7. The lowest BCUT2D eigenvalue weighted by Crippen LogP contribution is -2.18. The highest BCUT2D eigenvalue weighted by Crippen LogP contribution is 2.29. The van der Waals surface area contributed by atoms with Gasteiger partial charge >= 0.3 is 6.61 Å². The van der Waals surface area contributed by atoms with E-state index in [0.29, 0.717) is 0 Å². The molecule has 17 heavy (non-hydrogen) atoms. The monoisotopic (exact) mass is 263 g/mol. The van der Waals surface area contributed by atoms with Gasteiger partial charge in [-0.15, -0.1) is 0 Å². The third-order valence-corrected chi connectivity index (χ3v) is 2.27. The Kier molecular flexibility index (Phi) is 4.57. The molecule has 1 rings (SSSR count). The van der Waals surface area contributed by atoms with Gasteiger partial charge in [0.05, 0.1) is 5.02 Å². The third kappa shape index (κ3) is 5.22. The van der Waals surface area contributed by atoms with Crippen molar-refractivity contribution in [3.63, 3.8) is 0 Å². The lowest BCUT2D eigenvalue weighted by atomic mass is 9.97. The van der Waals surface area contributed by atoms with Crippen molar-refractivity contribution in [1.82, 2.24) is 0 Å². The first-order valence-corrected chi connectivity index (χ1v) is 5.64. The Balaban J connectivity index is 2.68. The van der Waals surface area contributed by atoms with Crippen LogP contribution in [0.25, 0.3) is 0 Å². The summed E-state index contributed by atoms with van der Waals surface area (Å²) in [6, 6.07) is 4.67. The van der Waals surface area contributed by atoms with Gasteiger partial charge in [-0.05, 0) is 23.6 Å². The van der Waals surface area contributed by atoms with Crippen molar-refractivity contribution in [2.45, 2.75) is 27.4 Å². The van der Waals surface area contributed by atoms with Crippen LogP contribution in [0.4, 0.5) is 14.5 Å². The Bertz CT molecular complexity index is 377. The van der Waals surface area contributed by atoms with Crippen LogP contribution in [0.3, 0.4) is 0 Å². The standard InChI is InChI=1S/C12H16ClF2NO/c1-12(2,3)7-16-8-4-5-10(9(13)6-8)17-11(14)15/h4-6,11,16H,7H2,1-3H3. The first-order chi connectivity index (χ1) is 7.78. The topological polar surface area (TPSA) is 21.3 Å². The Hall–Kier alpha value is -1.03. The number of ether oxygens (including phenoxy) is 1. The minimum atomic E-state index is -2.86. The van der Waals surface area contributed by atoms with Crippen molar-refractivity contribution < 1.29 is 13.5 Å². The zero-order valence-corrected chi connectivity index (χ0v) is 10.8. The van der Waals surface area contributed by atoms with Crippen molar-refractivity contribution in [1.29, 1.82) is 0 Å². The lowest BCUT2D eigenvalue weighted by Gasteiger charge is -2.20. The van der Waals surface area contributed by atoms with Crippen molar-refractivity contribution in [3.05, 3.63) is 23.2 Å². The van der Waals surface area contributed by atoms with Crippen LogP contribution in [0.5, 0.6) is 5.75 Å². The van der Waals surface area contributed by atoms with Gasteiger partial charge in [0.1, 0.15) is 5.75 Å². The molecule has 96 valence electrons. The molecule has 0 saturated carbocycles. The largest absolute Gasteiger partial charge is 0.433 e. The number of benzene rings is 1. The van der Waals surface area contributed by atoms with Gasteiger partial charge in [-0.25, -0.2) is 0 Å². The van der Waals surface area contributed by atoms with Gasteiger partial charge in [0.25, 0.3) is 0 Å². The summed E-state index contributed by atoms with van der Waals surface area (Å²) in [5.74, 6) is -0.0111. The molecule has 2 nitrogen and oxygen atoms in total. The van der Waals surface area contributed by atoms with Gasteiger partial charge < -0.3 is 10.1 Å². The molecule has 0 unspecified atom stereocenters. The number of rotatable bonds is 4. The molecule has 0 aromatic heterocycles. The second kappa shape index (κ2) is 5.54. The van der Waals surface area contributed by atoms with Gasteiger partial charge in [-0.1, -0.05) is 32.4 Å². The maximum atomic E-state index is 12.0. The van der Waals surface area contributed by atoms with Crippen molar-refractivity contribution in [2.75, 3.05) is 11.9 Å². The molecule has 0 saturated heterocycles. The molecule has 0 aliphatic carbocycles. The van der Waals surface area contributed by atoms with E-state index in [9.17, 15) is 8.78 Å². The summed E-state index contributed by atoms with van der Waals surface area (Å²) in [6.07, 6.45) is 0. The fourth-order valence-corrected chi connectivity index (χ4v) is 1.39. The molecule has 0 fully saturated rings. The molecule has 0 heterocycles. The summed E-state index contributed by atoms with van der Waals surface area (Å²) >= 11 is 5.83. The number of hydrogen-bond acceptors (Lipinski definition) is 2. The van der Waals surface area contributed by atoms with Gasteiger partial charge in [0.2, 0.25) is 0 Å². The third-order valence-electron chi connectivity index (χ3n) is 1.97. The number of alkyl halides is 2. The second-order valence-corrected chi connectivity index (χ2v) is 5.35. The van der Waals surface area contributed by atoms with Crippen LogP contribution in [0.1, 0.15) is 20.8 Å². The number of nitrogens with one attached hydrogen (secondary N) is 1. The van der Waals surface area contributed by atoms with Gasteiger partial charge in [-0.2, -0.15) is 8.78 Å². The predicted octanol–water partition coefficient (Wildman–Crippen LogP) is 4.40. The Labute approximate surface area is 105 Å². The van der Waals surface area contributed by atoms with Crippen molar-refractivity contribution in [3.8, 4) is 5.75 Å². The lowest BCUT2D eigenvalue weighted by molar-refractivity contribution is -0.0497. The minimum Gasteiger partial charge on any atom is -0.433 e. The van der Waals surface area contributed by atoms with Crippen LogP contribution in [-0.4, -0.2) is 13.2 Å². The molecule has 1 aromatic carbocycles. The Morgan fingerprint density at radius 3 is 2.47 bits per heavy atom. The van der Waals surface area contributed by atoms with E-state index in [2.05, 4.69) is 30.8 Å². The molecule has 0 radical (unpaired) electrons. The smallest absolute Gasteiger partial charge is 0.387 e. The molecule has 0 aliphatic heterocycles. The predicted molar refractivity (Wildman–Crippen MR) is 66.0 cm³/mol. The minimum absolute atomic E-state index is 0.0111. The number of hydrogen-bond donors (Lipinski definition) is 1. The zero-order chi connectivity index (χ0) is 13.1.